The molecule has 2 rings (SSSR count). The second-order valence-corrected chi connectivity index (χ2v) is 4.03. The quantitative estimate of drug-likeness (QED) is 0.777. The Morgan fingerprint density at radius 1 is 1.47 bits per heavy atom. The van der Waals surface area contributed by atoms with E-state index in [1.807, 2.05) is 0 Å². The summed E-state index contributed by atoms with van der Waals surface area (Å²) >= 11 is 0. The van der Waals surface area contributed by atoms with Crippen molar-refractivity contribution in [3.05, 3.63) is 24.5 Å². The van der Waals surface area contributed by atoms with Crippen molar-refractivity contribution < 1.29 is 4.79 Å². The van der Waals surface area contributed by atoms with Crippen molar-refractivity contribution in [3.8, 4) is 0 Å². The van der Waals surface area contributed by atoms with Crippen LogP contribution < -0.4 is 11.1 Å². The first-order valence-electron chi connectivity index (χ1n) is 5.18. The van der Waals surface area contributed by atoms with Crippen molar-refractivity contribution >= 4 is 11.6 Å². The molecule has 15 heavy (non-hydrogen) atoms. The maximum Gasteiger partial charge on any atom is 0.231 e. The Hall–Kier alpha value is -1.42. The van der Waals surface area contributed by atoms with E-state index in [0.29, 0.717) is 6.54 Å². The van der Waals surface area contributed by atoms with Crippen LogP contribution >= 0.6 is 0 Å². The Bertz CT molecular complexity index is 341. The standard InChI is InChI=1S/C11H15N3O/c12-8-11(4-1-5-11)10(15)14-9-2-6-13-7-3-9/h2-3,6-7H,1,4-5,8,12H2,(H,13,14,15). The summed E-state index contributed by atoms with van der Waals surface area (Å²) in [4.78, 5) is 15.8. The first-order chi connectivity index (χ1) is 7.27. The van der Waals surface area contributed by atoms with Crippen LogP contribution in [0.1, 0.15) is 19.3 Å². The highest BCUT2D eigenvalue weighted by atomic mass is 16.2. The average Bonchev–Trinajstić information content (AvgIpc) is 2.18. The normalized spacial score (nSPS) is 17.9. The number of pyridine rings is 1. The van der Waals surface area contributed by atoms with Crippen LogP contribution in [0, 0.1) is 5.41 Å². The number of aromatic nitrogens is 1. The Morgan fingerprint density at radius 2 is 2.13 bits per heavy atom. The van der Waals surface area contributed by atoms with Gasteiger partial charge in [0.05, 0.1) is 5.41 Å². The van der Waals surface area contributed by atoms with Gasteiger partial charge in [0.1, 0.15) is 0 Å². The first kappa shape index (κ1) is 10.1. The molecule has 1 aromatic heterocycles. The number of anilines is 1. The average molecular weight is 205 g/mol. The lowest BCUT2D eigenvalue weighted by Gasteiger charge is -2.39. The van der Waals surface area contributed by atoms with Crippen LogP contribution in [0.15, 0.2) is 24.5 Å². The van der Waals surface area contributed by atoms with Crippen LogP contribution in [0.3, 0.4) is 0 Å². The molecule has 1 aliphatic rings. The number of amides is 1. The van der Waals surface area contributed by atoms with Gasteiger partial charge in [0.15, 0.2) is 0 Å². The van der Waals surface area contributed by atoms with Gasteiger partial charge in [0.2, 0.25) is 5.91 Å². The number of carbonyl (C=O) groups excluding carboxylic acids is 1. The number of hydrogen-bond donors (Lipinski definition) is 2. The summed E-state index contributed by atoms with van der Waals surface area (Å²) in [5.74, 6) is 0.0439. The summed E-state index contributed by atoms with van der Waals surface area (Å²) in [6, 6.07) is 3.56. The van der Waals surface area contributed by atoms with Crippen molar-refractivity contribution in [1.82, 2.24) is 4.98 Å². The summed E-state index contributed by atoms with van der Waals surface area (Å²) in [7, 11) is 0. The van der Waals surface area contributed by atoms with E-state index in [1.54, 1.807) is 24.5 Å². The van der Waals surface area contributed by atoms with Gasteiger partial charge < -0.3 is 11.1 Å². The minimum Gasteiger partial charge on any atom is -0.329 e. The molecule has 0 atom stereocenters. The van der Waals surface area contributed by atoms with Gasteiger partial charge in [-0.15, -0.1) is 0 Å². The Balaban J connectivity index is 2.04. The van der Waals surface area contributed by atoms with E-state index in [4.69, 9.17) is 5.73 Å². The molecular weight excluding hydrogens is 190 g/mol. The topological polar surface area (TPSA) is 68.0 Å². The Kier molecular flexibility index (Phi) is 2.68. The summed E-state index contributed by atoms with van der Waals surface area (Å²) in [5.41, 5.74) is 6.12. The zero-order valence-corrected chi connectivity index (χ0v) is 8.57. The van der Waals surface area contributed by atoms with Gasteiger partial charge >= 0.3 is 0 Å². The van der Waals surface area contributed by atoms with Crippen LogP contribution in [0.25, 0.3) is 0 Å². The van der Waals surface area contributed by atoms with Crippen LogP contribution in [0.5, 0.6) is 0 Å². The van der Waals surface area contributed by atoms with Crippen molar-refractivity contribution in [2.75, 3.05) is 11.9 Å². The fraction of sp³-hybridized carbons (Fsp3) is 0.455. The summed E-state index contributed by atoms with van der Waals surface area (Å²) in [5, 5.41) is 2.88. The fourth-order valence-electron chi connectivity index (χ4n) is 1.83. The second kappa shape index (κ2) is 3.98. The van der Waals surface area contributed by atoms with Crippen molar-refractivity contribution in [1.29, 1.82) is 0 Å². The molecule has 1 fully saturated rings. The van der Waals surface area contributed by atoms with E-state index >= 15 is 0 Å². The van der Waals surface area contributed by atoms with E-state index in [9.17, 15) is 4.79 Å². The molecule has 0 saturated heterocycles. The van der Waals surface area contributed by atoms with Gasteiger partial charge in [-0.25, -0.2) is 0 Å². The third kappa shape index (κ3) is 1.85. The maximum absolute atomic E-state index is 11.9. The molecule has 1 heterocycles. The predicted octanol–water partition coefficient (Wildman–Crippen LogP) is 1.15. The predicted molar refractivity (Wildman–Crippen MR) is 58.2 cm³/mol. The molecule has 0 bridgehead atoms. The van der Waals surface area contributed by atoms with Crippen LogP contribution in [-0.4, -0.2) is 17.4 Å². The summed E-state index contributed by atoms with van der Waals surface area (Å²) < 4.78 is 0. The van der Waals surface area contributed by atoms with E-state index in [0.717, 1.165) is 24.9 Å². The highest BCUT2D eigenvalue weighted by Crippen LogP contribution is 2.40. The van der Waals surface area contributed by atoms with Crippen molar-refractivity contribution in [2.45, 2.75) is 19.3 Å². The number of nitrogens with zero attached hydrogens (tertiary/aromatic N) is 1. The number of carbonyl (C=O) groups is 1. The molecule has 4 nitrogen and oxygen atoms in total. The monoisotopic (exact) mass is 205 g/mol. The minimum atomic E-state index is -0.316. The largest absolute Gasteiger partial charge is 0.329 e. The van der Waals surface area contributed by atoms with E-state index in [1.165, 1.54) is 0 Å². The molecule has 0 aliphatic heterocycles. The molecular formula is C11H15N3O. The third-order valence-corrected chi connectivity index (χ3v) is 3.12. The minimum absolute atomic E-state index is 0.0439. The summed E-state index contributed by atoms with van der Waals surface area (Å²) in [6.45, 7) is 0.434. The molecule has 1 aromatic rings. The Morgan fingerprint density at radius 3 is 2.60 bits per heavy atom. The molecule has 1 saturated carbocycles. The SMILES string of the molecule is NCC1(C(=O)Nc2ccncc2)CCC1. The van der Waals surface area contributed by atoms with E-state index in [2.05, 4.69) is 10.3 Å². The highest BCUT2D eigenvalue weighted by Gasteiger charge is 2.42. The molecule has 1 aliphatic carbocycles. The molecule has 3 N–H and O–H groups in total. The lowest BCUT2D eigenvalue weighted by molar-refractivity contribution is -0.129. The van der Waals surface area contributed by atoms with Crippen molar-refractivity contribution in [3.63, 3.8) is 0 Å². The summed E-state index contributed by atoms with van der Waals surface area (Å²) in [6.07, 6.45) is 6.22. The van der Waals surface area contributed by atoms with Crippen LogP contribution in [0.2, 0.25) is 0 Å². The number of nitrogens with one attached hydrogen (secondary N) is 1. The molecule has 1 amide bonds. The first-order valence-corrected chi connectivity index (χ1v) is 5.18. The molecule has 0 aromatic carbocycles. The number of nitrogens with two attached hydrogens (primary N) is 1. The highest BCUT2D eigenvalue weighted by molar-refractivity contribution is 5.96. The van der Waals surface area contributed by atoms with Gasteiger partial charge in [0.25, 0.3) is 0 Å². The van der Waals surface area contributed by atoms with E-state index < -0.39 is 0 Å². The molecule has 0 unspecified atom stereocenters. The lowest BCUT2D eigenvalue weighted by Crippen LogP contribution is -2.47. The Labute approximate surface area is 88.9 Å². The molecule has 80 valence electrons. The van der Waals surface area contributed by atoms with Crippen LogP contribution in [-0.2, 0) is 4.79 Å². The molecule has 0 radical (unpaired) electrons. The third-order valence-electron chi connectivity index (χ3n) is 3.12. The van der Waals surface area contributed by atoms with E-state index in [-0.39, 0.29) is 11.3 Å². The maximum atomic E-state index is 11.9. The number of rotatable bonds is 3. The van der Waals surface area contributed by atoms with Crippen LogP contribution in [0.4, 0.5) is 5.69 Å². The zero-order valence-electron chi connectivity index (χ0n) is 8.57. The zero-order chi connectivity index (χ0) is 10.7. The smallest absolute Gasteiger partial charge is 0.231 e. The molecule has 0 spiro atoms. The van der Waals surface area contributed by atoms with Gasteiger partial charge in [-0.2, -0.15) is 0 Å². The van der Waals surface area contributed by atoms with Gasteiger partial charge in [-0.3, -0.25) is 9.78 Å². The molecule has 4 heteroatoms. The second-order valence-electron chi connectivity index (χ2n) is 4.03. The van der Waals surface area contributed by atoms with Gasteiger partial charge in [-0.05, 0) is 25.0 Å². The fourth-order valence-corrected chi connectivity index (χ4v) is 1.83. The number of hydrogen-bond acceptors (Lipinski definition) is 3. The van der Waals surface area contributed by atoms with Crippen molar-refractivity contribution in [2.24, 2.45) is 11.1 Å². The van der Waals surface area contributed by atoms with Gasteiger partial charge in [-0.1, -0.05) is 6.42 Å². The lowest BCUT2D eigenvalue weighted by atomic mass is 9.68. The van der Waals surface area contributed by atoms with Gasteiger partial charge in [0, 0.05) is 24.6 Å².